The molecule has 0 saturated heterocycles. The van der Waals surface area contributed by atoms with E-state index in [1.807, 2.05) is 0 Å². The minimum absolute atomic E-state index is 0.0706. The second kappa shape index (κ2) is 6.42. The summed E-state index contributed by atoms with van der Waals surface area (Å²) < 4.78 is 32.1. The molecular formula is C13H19NO6S. The molecule has 0 aliphatic heterocycles. The highest BCUT2D eigenvalue weighted by Crippen LogP contribution is 2.26. The van der Waals surface area contributed by atoms with Gasteiger partial charge in [-0.3, -0.25) is 0 Å². The van der Waals surface area contributed by atoms with Gasteiger partial charge in [-0.2, -0.15) is 0 Å². The average Bonchev–Trinajstić information content (AvgIpc) is 2.45. The number of carboxylic acid groups (broad SMARTS) is 1. The van der Waals surface area contributed by atoms with Crippen LogP contribution in [0.4, 0.5) is 0 Å². The number of aliphatic hydroxyl groups is 1. The van der Waals surface area contributed by atoms with Crippen LogP contribution in [0.2, 0.25) is 0 Å². The van der Waals surface area contributed by atoms with Gasteiger partial charge >= 0.3 is 5.97 Å². The summed E-state index contributed by atoms with van der Waals surface area (Å²) in [6, 6.07) is 3.48. The highest BCUT2D eigenvalue weighted by molar-refractivity contribution is 7.89. The maximum atomic E-state index is 12.4. The standard InChI is InChI=1S/C13H19NO6S/c1-4-13(2,8-15)14-21(18,19)11-6-5-9(12(16)17)7-10(11)20-3/h5-7,14-15H,4,8H2,1-3H3,(H,16,17). The van der Waals surface area contributed by atoms with Crippen LogP contribution in [0.3, 0.4) is 0 Å². The van der Waals surface area contributed by atoms with Crippen LogP contribution in [-0.4, -0.2) is 43.9 Å². The van der Waals surface area contributed by atoms with E-state index in [1.54, 1.807) is 13.8 Å². The van der Waals surface area contributed by atoms with E-state index in [1.165, 1.54) is 13.2 Å². The molecule has 8 heteroatoms. The number of hydrogen-bond acceptors (Lipinski definition) is 5. The maximum Gasteiger partial charge on any atom is 0.335 e. The van der Waals surface area contributed by atoms with E-state index < -0.39 is 21.5 Å². The summed E-state index contributed by atoms with van der Waals surface area (Å²) in [7, 11) is -2.70. The molecule has 1 rings (SSSR count). The first-order chi connectivity index (χ1) is 9.69. The Kier molecular flexibility index (Phi) is 5.32. The third kappa shape index (κ3) is 3.93. The van der Waals surface area contributed by atoms with Gasteiger partial charge in [0.1, 0.15) is 10.6 Å². The number of aliphatic hydroxyl groups excluding tert-OH is 1. The van der Waals surface area contributed by atoms with Crippen molar-refractivity contribution in [1.82, 2.24) is 4.72 Å². The Morgan fingerprint density at radius 3 is 2.48 bits per heavy atom. The molecule has 0 amide bonds. The molecule has 7 nitrogen and oxygen atoms in total. The Labute approximate surface area is 123 Å². The van der Waals surface area contributed by atoms with Gasteiger partial charge in [0.25, 0.3) is 0 Å². The second-order valence-corrected chi connectivity index (χ2v) is 6.50. The number of carboxylic acids is 1. The molecule has 0 aliphatic carbocycles. The van der Waals surface area contributed by atoms with Crippen molar-refractivity contribution in [2.45, 2.75) is 30.7 Å². The van der Waals surface area contributed by atoms with Crippen LogP contribution >= 0.6 is 0 Å². The van der Waals surface area contributed by atoms with E-state index in [0.717, 1.165) is 12.1 Å². The summed E-state index contributed by atoms with van der Waals surface area (Å²) in [5.41, 5.74) is -1.08. The smallest absolute Gasteiger partial charge is 0.335 e. The molecule has 1 aromatic carbocycles. The highest BCUT2D eigenvalue weighted by Gasteiger charge is 2.30. The molecular weight excluding hydrogens is 298 g/mol. The number of aromatic carboxylic acids is 1. The highest BCUT2D eigenvalue weighted by atomic mass is 32.2. The van der Waals surface area contributed by atoms with Gasteiger partial charge in [0, 0.05) is 0 Å². The molecule has 0 bridgehead atoms. The van der Waals surface area contributed by atoms with Crippen molar-refractivity contribution < 1.29 is 28.2 Å². The zero-order valence-corrected chi connectivity index (χ0v) is 12.9. The van der Waals surface area contributed by atoms with Crippen molar-refractivity contribution in [2.75, 3.05) is 13.7 Å². The fraction of sp³-hybridized carbons (Fsp3) is 0.462. The average molecular weight is 317 g/mol. The van der Waals surface area contributed by atoms with E-state index in [2.05, 4.69) is 4.72 Å². The van der Waals surface area contributed by atoms with Crippen LogP contribution in [0.1, 0.15) is 30.6 Å². The number of hydrogen-bond donors (Lipinski definition) is 3. The monoisotopic (exact) mass is 317 g/mol. The summed E-state index contributed by atoms with van der Waals surface area (Å²) in [5.74, 6) is -1.25. The minimum atomic E-state index is -3.96. The van der Waals surface area contributed by atoms with Crippen LogP contribution in [0.5, 0.6) is 5.75 Å². The van der Waals surface area contributed by atoms with Gasteiger partial charge in [-0.1, -0.05) is 6.92 Å². The molecule has 1 unspecified atom stereocenters. The van der Waals surface area contributed by atoms with Crippen molar-refractivity contribution in [1.29, 1.82) is 0 Å². The number of rotatable bonds is 7. The molecule has 1 aromatic rings. The van der Waals surface area contributed by atoms with Crippen LogP contribution in [0, 0.1) is 0 Å². The zero-order valence-electron chi connectivity index (χ0n) is 12.1. The summed E-state index contributed by atoms with van der Waals surface area (Å²) in [4.78, 5) is 10.7. The fourth-order valence-electron chi connectivity index (χ4n) is 1.62. The van der Waals surface area contributed by atoms with Gasteiger partial charge in [0.15, 0.2) is 0 Å². The molecule has 0 heterocycles. The van der Waals surface area contributed by atoms with Gasteiger partial charge in [0.05, 0.1) is 24.8 Å². The third-order valence-corrected chi connectivity index (χ3v) is 4.89. The lowest BCUT2D eigenvalue weighted by molar-refractivity contribution is 0.0696. The first-order valence-corrected chi connectivity index (χ1v) is 7.73. The molecule has 0 saturated carbocycles. The Bertz CT molecular complexity index is 622. The van der Waals surface area contributed by atoms with Crippen LogP contribution in [0.15, 0.2) is 23.1 Å². The summed E-state index contributed by atoms with van der Waals surface area (Å²) in [5, 5.41) is 18.2. The molecule has 0 aromatic heterocycles. The van der Waals surface area contributed by atoms with Crippen LogP contribution in [0.25, 0.3) is 0 Å². The molecule has 0 fully saturated rings. The Morgan fingerprint density at radius 1 is 1.43 bits per heavy atom. The topological polar surface area (TPSA) is 113 Å². The summed E-state index contributed by atoms with van der Waals surface area (Å²) in [6.07, 6.45) is 0.387. The lowest BCUT2D eigenvalue weighted by atomic mass is 10.0. The predicted molar refractivity (Wildman–Crippen MR) is 76.1 cm³/mol. The van der Waals surface area contributed by atoms with E-state index in [4.69, 9.17) is 9.84 Å². The lowest BCUT2D eigenvalue weighted by Gasteiger charge is -2.27. The number of ether oxygens (including phenoxy) is 1. The number of carbonyl (C=O) groups is 1. The maximum absolute atomic E-state index is 12.4. The van der Waals surface area contributed by atoms with E-state index >= 15 is 0 Å². The SMILES string of the molecule is CCC(C)(CO)NS(=O)(=O)c1ccc(C(=O)O)cc1OC. The Balaban J connectivity index is 3.29. The second-order valence-electron chi connectivity index (χ2n) is 4.85. The van der Waals surface area contributed by atoms with Gasteiger partial charge in [-0.05, 0) is 31.5 Å². The molecule has 0 aliphatic rings. The molecule has 3 N–H and O–H groups in total. The first-order valence-electron chi connectivity index (χ1n) is 6.25. The quantitative estimate of drug-likeness (QED) is 0.686. The van der Waals surface area contributed by atoms with E-state index in [9.17, 15) is 18.3 Å². The van der Waals surface area contributed by atoms with Crippen molar-refractivity contribution in [3.05, 3.63) is 23.8 Å². The Morgan fingerprint density at radius 2 is 2.05 bits per heavy atom. The van der Waals surface area contributed by atoms with Crippen LogP contribution < -0.4 is 9.46 Å². The van der Waals surface area contributed by atoms with E-state index in [-0.39, 0.29) is 22.8 Å². The first kappa shape index (κ1) is 17.4. The Hall–Kier alpha value is -1.64. The van der Waals surface area contributed by atoms with Gasteiger partial charge in [-0.15, -0.1) is 0 Å². The van der Waals surface area contributed by atoms with Crippen LogP contribution in [-0.2, 0) is 10.0 Å². The fourth-order valence-corrected chi connectivity index (χ4v) is 3.24. The third-order valence-electron chi connectivity index (χ3n) is 3.21. The molecule has 0 radical (unpaired) electrons. The number of nitrogens with one attached hydrogen (secondary N) is 1. The van der Waals surface area contributed by atoms with E-state index in [0.29, 0.717) is 6.42 Å². The van der Waals surface area contributed by atoms with Crippen molar-refractivity contribution >= 4 is 16.0 Å². The normalized spacial score (nSPS) is 14.5. The largest absolute Gasteiger partial charge is 0.495 e. The predicted octanol–water partition coefficient (Wildman–Crippen LogP) is 0.833. The molecule has 1 atom stereocenters. The lowest BCUT2D eigenvalue weighted by Crippen LogP contribution is -2.48. The molecule has 0 spiro atoms. The number of methoxy groups -OCH3 is 1. The minimum Gasteiger partial charge on any atom is -0.495 e. The van der Waals surface area contributed by atoms with Gasteiger partial charge < -0.3 is 14.9 Å². The van der Waals surface area contributed by atoms with Crippen molar-refractivity contribution in [3.8, 4) is 5.75 Å². The number of sulfonamides is 1. The van der Waals surface area contributed by atoms with Gasteiger partial charge in [-0.25, -0.2) is 17.9 Å². The summed E-state index contributed by atoms with van der Waals surface area (Å²) >= 11 is 0. The zero-order chi connectivity index (χ0) is 16.3. The number of benzene rings is 1. The molecule has 21 heavy (non-hydrogen) atoms. The van der Waals surface area contributed by atoms with Crippen molar-refractivity contribution in [2.24, 2.45) is 0 Å². The van der Waals surface area contributed by atoms with Gasteiger partial charge in [0.2, 0.25) is 10.0 Å². The van der Waals surface area contributed by atoms with Crippen molar-refractivity contribution in [3.63, 3.8) is 0 Å². The molecule has 118 valence electrons. The summed E-state index contributed by atoms with van der Waals surface area (Å²) in [6.45, 7) is 2.95.